The summed E-state index contributed by atoms with van der Waals surface area (Å²) in [6, 6.07) is -0.0142. The summed E-state index contributed by atoms with van der Waals surface area (Å²) in [7, 11) is 0. The van der Waals surface area contributed by atoms with Gasteiger partial charge < -0.3 is 20.7 Å². The molecule has 21 heavy (non-hydrogen) atoms. The fourth-order valence-corrected chi connectivity index (χ4v) is 2.15. The van der Waals surface area contributed by atoms with E-state index < -0.39 is 42.9 Å². The first-order valence-corrected chi connectivity index (χ1v) is 5.90. The molecule has 0 spiro atoms. The molecule has 11 heteroatoms. The predicted molar refractivity (Wildman–Crippen MR) is 67.8 cm³/mol. The van der Waals surface area contributed by atoms with Crippen LogP contribution >= 0.6 is 0 Å². The lowest BCUT2D eigenvalue weighted by atomic mass is 9.96. The number of nitrogens with two attached hydrogens (primary N) is 1. The topological polar surface area (TPSA) is 159 Å². The van der Waals surface area contributed by atoms with Crippen LogP contribution in [-0.2, 0) is 4.74 Å². The Bertz CT molecular complexity index is 626. The first-order chi connectivity index (χ1) is 9.99. The van der Waals surface area contributed by atoms with Gasteiger partial charge >= 0.3 is 5.69 Å². The van der Waals surface area contributed by atoms with Gasteiger partial charge in [0, 0.05) is 11.1 Å². The van der Waals surface area contributed by atoms with Gasteiger partial charge in [-0.15, -0.1) is 0 Å². The van der Waals surface area contributed by atoms with E-state index in [1.807, 2.05) is 0 Å². The highest BCUT2D eigenvalue weighted by atomic mass is 19.1. The molecular formula is C10H13FN6O4. The van der Waals surface area contributed by atoms with E-state index in [0.29, 0.717) is 0 Å². The van der Waals surface area contributed by atoms with Crippen molar-refractivity contribution >= 4 is 5.82 Å². The highest BCUT2D eigenvalue weighted by Crippen LogP contribution is 2.38. The Labute approximate surface area is 117 Å². The first-order valence-electron chi connectivity index (χ1n) is 5.90. The Balaban J connectivity index is 2.50. The van der Waals surface area contributed by atoms with Crippen molar-refractivity contribution in [3.05, 3.63) is 33.2 Å². The summed E-state index contributed by atoms with van der Waals surface area (Å²) >= 11 is 0. The van der Waals surface area contributed by atoms with Crippen LogP contribution in [0.1, 0.15) is 6.23 Å². The van der Waals surface area contributed by atoms with Crippen molar-refractivity contribution in [2.24, 2.45) is 5.11 Å². The second kappa shape index (κ2) is 5.66. The number of halogens is 1. The number of aliphatic hydroxyl groups excluding tert-OH is 2. The van der Waals surface area contributed by atoms with Gasteiger partial charge in [-0.2, -0.15) is 4.98 Å². The maximum Gasteiger partial charge on any atom is 0.351 e. The van der Waals surface area contributed by atoms with Crippen molar-refractivity contribution in [1.82, 2.24) is 9.55 Å². The summed E-state index contributed by atoms with van der Waals surface area (Å²) < 4.78 is 19.4. The van der Waals surface area contributed by atoms with Crippen LogP contribution in [0.4, 0.5) is 10.2 Å². The van der Waals surface area contributed by atoms with Crippen LogP contribution in [0.2, 0.25) is 0 Å². The molecule has 0 saturated carbocycles. The number of hydrogen-bond donors (Lipinski definition) is 3. The van der Waals surface area contributed by atoms with E-state index in [1.54, 1.807) is 0 Å². The zero-order valence-corrected chi connectivity index (χ0v) is 10.7. The van der Waals surface area contributed by atoms with Crippen LogP contribution in [0.15, 0.2) is 22.2 Å². The number of azide groups is 1. The van der Waals surface area contributed by atoms with E-state index in [9.17, 15) is 19.4 Å². The predicted octanol–water partition coefficient (Wildman–Crippen LogP) is -0.905. The van der Waals surface area contributed by atoms with Crippen molar-refractivity contribution in [2.75, 3.05) is 19.0 Å². The fraction of sp³-hybridized carbons (Fsp3) is 0.600. The summed E-state index contributed by atoms with van der Waals surface area (Å²) in [5.41, 5.74) is 11.1. The Morgan fingerprint density at radius 2 is 2.43 bits per heavy atom. The Morgan fingerprint density at radius 3 is 2.95 bits per heavy atom. The molecule has 2 rings (SSSR count). The van der Waals surface area contributed by atoms with Crippen molar-refractivity contribution in [2.45, 2.75) is 24.0 Å². The summed E-state index contributed by atoms with van der Waals surface area (Å²) in [6.45, 7) is -2.08. The number of aromatic nitrogens is 2. The normalized spacial score (nSPS) is 31.9. The van der Waals surface area contributed by atoms with Gasteiger partial charge in [-0.05, 0) is 11.6 Å². The number of alkyl halides is 1. The summed E-state index contributed by atoms with van der Waals surface area (Å²) in [6.07, 6.45) is -1.72. The van der Waals surface area contributed by atoms with Crippen molar-refractivity contribution in [3.8, 4) is 0 Å². The van der Waals surface area contributed by atoms with Crippen LogP contribution in [0.3, 0.4) is 0 Å². The van der Waals surface area contributed by atoms with Crippen LogP contribution in [0, 0.1) is 0 Å². The SMILES string of the molecule is [N-]=[N+]=NC1[C@H](n2ccc(N)nc2=O)O[C@@](CO)(CF)[C@H]1O. The van der Waals surface area contributed by atoms with Gasteiger partial charge in [0.15, 0.2) is 6.23 Å². The molecule has 1 aromatic heterocycles. The average molecular weight is 300 g/mol. The molecule has 10 nitrogen and oxygen atoms in total. The fourth-order valence-electron chi connectivity index (χ4n) is 2.15. The van der Waals surface area contributed by atoms with Gasteiger partial charge in [-0.25, -0.2) is 9.18 Å². The highest BCUT2D eigenvalue weighted by Gasteiger charge is 2.55. The summed E-state index contributed by atoms with van der Waals surface area (Å²) in [5, 5.41) is 22.7. The molecule has 4 atom stereocenters. The monoisotopic (exact) mass is 300 g/mol. The molecule has 0 amide bonds. The molecule has 1 unspecified atom stereocenters. The molecule has 1 aromatic rings. The molecule has 1 aliphatic rings. The zero-order valence-electron chi connectivity index (χ0n) is 10.7. The van der Waals surface area contributed by atoms with Crippen molar-refractivity contribution in [1.29, 1.82) is 0 Å². The molecule has 114 valence electrons. The number of nitrogens with zero attached hydrogens (tertiary/aromatic N) is 5. The second-order valence-electron chi connectivity index (χ2n) is 4.55. The minimum Gasteiger partial charge on any atom is -0.393 e. The maximum absolute atomic E-state index is 13.2. The Kier molecular flexibility index (Phi) is 4.09. The van der Waals surface area contributed by atoms with E-state index >= 15 is 0 Å². The van der Waals surface area contributed by atoms with Gasteiger partial charge in [0.25, 0.3) is 0 Å². The van der Waals surface area contributed by atoms with E-state index in [2.05, 4.69) is 15.0 Å². The largest absolute Gasteiger partial charge is 0.393 e. The van der Waals surface area contributed by atoms with Crippen LogP contribution in [0.5, 0.6) is 0 Å². The number of rotatable bonds is 4. The van der Waals surface area contributed by atoms with Gasteiger partial charge in [0.1, 0.15) is 30.2 Å². The molecule has 0 aromatic carbocycles. The molecule has 1 aliphatic heterocycles. The van der Waals surface area contributed by atoms with E-state index in [4.69, 9.17) is 16.0 Å². The first kappa shape index (κ1) is 15.2. The zero-order chi connectivity index (χ0) is 15.6. The van der Waals surface area contributed by atoms with Gasteiger partial charge in [0.05, 0.1) is 6.61 Å². The number of aliphatic hydroxyl groups is 2. The number of anilines is 1. The Hall–Kier alpha value is -2.20. The standard InChI is InChI=1S/C10H13FN6O4/c11-3-10(4-18)7(19)6(15-16-13)8(21-10)17-2-1-5(12)14-9(17)20/h1-2,6-8,18-19H,3-4H2,(H2,12,14,20)/t6?,7-,8+,10+/m0/s1. The third-order valence-electron chi connectivity index (χ3n) is 3.31. The third-order valence-corrected chi connectivity index (χ3v) is 3.31. The lowest BCUT2D eigenvalue weighted by Gasteiger charge is -2.26. The van der Waals surface area contributed by atoms with Crippen molar-refractivity contribution < 1.29 is 19.3 Å². The van der Waals surface area contributed by atoms with Crippen LogP contribution in [-0.4, -0.2) is 50.8 Å². The van der Waals surface area contributed by atoms with E-state index in [1.165, 1.54) is 12.3 Å². The average Bonchev–Trinajstić information content (AvgIpc) is 2.74. The molecule has 1 saturated heterocycles. The second-order valence-corrected chi connectivity index (χ2v) is 4.55. The number of nitrogen functional groups attached to an aromatic ring is 1. The molecule has 1 fully saturated rings. The number of hydrogen-bond acceptors (Lipinski definition) is 7. The van der Waals surface area contributed by atoms with E-state index in [0.717, 1.165) is 4.57 Å². The van der Waals surface area contributed by atoms with Crippen LogP contribution < -0.4 is 11.4 Å². The Morgan fingerprint density at radius 1 is 1.71 bits per heavy atom. The maximum atomic E-state index is 13.2. The lowest BCUT2D eigenvalue weighted by molar-refractivity contribution is -0.138. The molecule has 0 aliphatic carbocycles. The molecule has 2 heterocycles. The van der Waals surface area contributed by atoms with Crippen molar-refractivity contribution in [3.63, 3.8) is 0 Å². The van der Waals surface area contributed by atoms with Gasteiger partial charge in [-0.3, -0.25) is 4.57 Å². The minimum atomic E-state index is -1.97. The minimum absolute atomic E-state index is 0.0333. The smallest absolute Gasteiger partial charge is 0.351 e. The molecule has 4 N–H and O–H groups in total. The summed E-state index contributed by atoms with van der Waals surface area (Å²) in [5.74, 6) is -0.0333. The molecular weight excluding hydrogens is 287 g/mol. The third kappa shape index (κ3) is 2.43. The molecule has 0 bridgehead atoms. The highest BCUT2D eigenvalue weighted by molar-refractivity contribution is 5.23. The van der Waals surface area contributed by atoms with E-state index in [-0.39, 0.29) is 5.82 Å². The molecule has 0 radical (unpaired) electrons. The van der Waals surface area contributed by atoms with Gasteiger partial charge in [-0.1, -0.05) is 5.11 Å². The number of ether oxygens (including phenoxy) is 1. The lowest BCUT2D eigenvalue weighted by Crippen LogP contribution is -2.47. The van der Waals surface area contributed by atoms with Gasteiger partial charge in [0.2, 0.25) is 0 Å². The quantitative estimate of drug-likeness (QED) is 0.371. The summed E-state index contributed by atoms with van der Waals surface area (Å²) in [4.78, 5) is 17.8. The van der Waals surface area contributed by atoms with Crippen LogP contribution in [0.25, 0.3) is 10.4 Å².